The van der Waals surface area contributed by atoms with Crippen LogP contribution in [-0.2, 0) is 14.3 Å². The van der Waals surface area contributed by atoms with E-state index in [0.29, 0.717) is 6.26 Å². The molecule has 0 radical (unpaired) electrons. The van der Waals surface area contributed by atoms with E-state index in [1.807, 2.05) is 0 Å². The Balaban J connectivity index is 2.36. The lowest BCUT2D eigenvalue weighted by Gasteiger charge is -1.94. The lowest BCUT2D eigenvalue weighted by atomic mass is 10.4. The van der Waals surface area contributed by atoms with Crippen molar-refractivity contribution in [1.82, 2.24) is 0 Å². The number of carboxylic acids is 1. The van der Waals surface area contributed by atoms with Crippen molar-refractivity contribution in [3.63, 3.8) is 0 Å². The van der Waals surface area contributed by atoms with Gasteiger partial charge < -0.3 is 9.84 Å². The molecule has 0 aromatic heterocycles. The second kappa shape index (κ2) is 3.34. The summed E-state index contributed by atoms with van der Waals surface area (Å²) in [7, 11) is 0. The molecule has 1 fully saturated rings. The van der Waals surface area contributed by atoms with E-state index in [2.05, 4.69) is 4.74 Å². The van der Waals surface area contributed by atoms with Crippen molar-refractivity contribution in [1.29, 1.82) is 0 Å². The summed E-state index contributed by atoms with van der Waals surface area (Å²) in [5, 5.41) is 8.01. The zero-order valence-electron chi connectivity index (χ0n) is 6.12. The highest BCUT2D eigenvalue weighted by Crippen LogP contribution is 2.30. The molecule has 0 heterocycles. The van der Waals surface area contributed by atoms with Gasteiger partial charge in [-0.3, -0.25) is 4.79 Å². The normalized spacial score (nSPS) is 17.2. The zero-order chi connectivity index (χ0) is 9.14. The minimum Gasteiger partial charge on any atom is -0.476 e. The molecule has 0 aliphatic heterocycles. The summed E-state index contributed by atoms with van der Waals surface area (Å²) in [6, 6.07) is 0. The second-order valence-corrected chi connectivity index (χ2v) is 2.48. The Bertz CT molecular complexity index is 242. The smallest absolute Gasteiger partial charge is 0.368 e. The summed E-state index contributed by atoms with van der Waals surface area (Å²) in [6.45, 7) is 0. The molecule has 0 bridgehead atoms. The molecular formula is C7H7FO4. The van der Waals surface area contributed by atoms with Crippen LogP contribution in [0.2, 0.25) is 0 Å². The predicted octanol–water partition coefficient (Wildman–Crippen LogP) is 0.835. The lowest BCUT2D eigenvalue weighted by Crippen LogP contribution is -2.03. The Morgan fingerprint density at radius 3 is 2.50 bits per heavy atom. The maximum absolute atomic E-state index is 12.2. The first kappa shape index (κ1) is 8.70. The zero-order valence-corrected chi connectivity index (χ0v) is 6.12. The van der Waals surface area contributed by atoms with Crippen LogP contribution in [0.25, 0.3) is 0 Å². The van der Waals surface area contributed by atoms with Gasteiger partial charge >= 0.3 is 11.9 Å². The van der Waals surface area contributed by atoms with Gasteiger partial charge in [0, 0.05) is 0 Å². The van der Waals surface area contributed by atoms with E-state index in [9.17, 15) is 14.0 Å². The molecule has 1 rings (SSSR count). The third-order valence-corrected chi connectivity index (χ3v) is 1.39. The highest BCUT2D eigenvalue weighted by atomic mass is 19.1. The van der Waals surface area contributed by atoms with Gasteiger partial charge in [-0.25, -0.2) is 4.79 Å². The SMILES string of the molecule is O=C(O)/C(F)=C/OC(=O)C1CC1. The lowest BCUT2D eigenvalue weighted by molar-refractivity contribution is -0.140. The monoisotopic (exact) mass is 174 g/mol. The molecule has 0 unspecified atom stereocenters. The van der Waals surface area contributed by atoms with Crippen LogP contribution in [0.3, 0.4) is 0 Å². The van der Waals surface area contributed by atoms with Gasteiger partial charge in [0.15, 0.2) is 0 Å². The predicted molar refractivity (Wildman–Crippen MR) is 35.6 cm³/mol. The Morgan fingerprint density at radius 1 is 1.50 bits per heavy atom. The third-order valence-electron chi connectivity index (χ3n) is 1.39. The third kappa shape index (κ3) is 2.34. The first-order valence-corrected chi connectivity index (χ1v) is 3.40. The van der Waals surface area contributed by atoms with E-state index in [0.717, 1.165) is 12.8 Å². The maximum Gasteiger partial charge on any atom is 0.368 e. The van der Waals surface area contributed by atoms with E-state index in [-0.39, 0.29) is 5.92 Å². The van der Waals surface area contributed by atoms with E-state index in [4.69, 9.17) is 5.11 Å². The van der Waals surface area contributed by atoms with Crippen molar-refractivity contribution >= 4 is 11.9 Å². The van der Waals surface area contributed by atoms with E-state index < -0.39 is 17.8 Å². The molecule has 0 amide bonds. The topological polar surface area (TPSA) is 63.6 Å². The molecule has 4 nitrogen and oxygen atoms in total. The number of ether oxygens (including phenoxy) is 1. The largest absolute Gasteiger partial charge is 0.476 e. The molecule has 0 aromatic rings. The number of carbonyl (C=O) groups is 2. The summed E-state index contributed by atoms with van der Waals surface area (Å²) in [6.07, 6.45) is 1.80. The quantitative estimate of drug-likeness (QED) is 0.391. The molecule has 1 aliphatic rings. The molecule has 1 aliphatic carbocycles. The number of hydrogen-bond donors (Lipinski definition) is 1. The molecule has 0 aromatic carbocycles. The van der Waals surface area contributed by atoms with Gasteiger partial charge in [0.05, 0.1) is 5.92 Å². The summed E-state index contributed by atoms with van der Waals surface area (Å²) in [5.74, 6) is -3.93. The average Bonchev–Trinajstić information content (AvgIpc) is 2.81. The molecular weight excluding hydrogens is 167 g/mol. The fourth-order valence-corrected chi connectivity index (χ4v) is 0.575. The molecule has 0 spiro atoms. The van der Waals surface area contributed by atoms with E-state index in [1.165, 1.54) is 0 Å². The van der Waals surface area contributed by atoms with Crippen molar-refractivity contribution in [3.8, 4) is 0 Å². The number of rotatable bonds is 3. The number of hydrogen-bond acceptors (Lipinski definition) is 3. The van der Waals surface area contributed by atoms with Crippen molar-refractivity contribution in [3.05, 3.63) is 12.1 Å². The highest BCUT2D eigenvalue weighted by molar-refractivity contribution is 5.84. The molecule has 1 N–H and O–H groups in total. The summed E-state index contributed by atoms with van der Waals surface area (Å²) >= 11 is 0. The summed E-state index contributed by atoms with van der Waals surface area (Å²) < 4.78 is 16.4. The molecule has 66 valence electrons. The number of aliphatic carboxylic acids is 1. The van der Waals surface area contributed by atoms with Crippen LogP contribution in [0.15, 0.2) is 12.1 Å². The maximum atomic E-state index is 12.2. The fraction of sp³-hybridized carbons (Fsp3) is 0.429. The van der Waals surface area contributed by atoms with Crippen LogP contribution in [0.4, 0.5) is 4.39 Å². The van der Waals surface area contributed by atoms with Crippen LogP contribution in [0, 0.1) is 5.92 Å². The number of carbonyl (C=O) groups excluding carboxylic acids is 1. The van der Waals surface area contributed by atoms with Gasteiger partial charge in [0.25, 0.3) is 0 Å². The molecule has 0 saturated heterocycles. The summed E-state index contributed by atoms with van der Waals surface area (Å²) in [4.78, 5) is 20.6. The number of halogens is 1. The van der Waals surface area contributed by atoms with Crippen LogP contribution in [-0.4, -0.2) is 17.0 Å². The Labute approximate surface area is 67.6 Å². The number of esters is 1. The minimum atomic E-state index is -1.74. The molecule has 12 heavy (non-hydrogen) atoms. The van der Waals surface area contributed by atoms with Crippen LogP contribution >= 0.6 is 0 Å². The van der Waals surface area contributed by atoms with Crippen molar-refractivity contribution in [2.75, 3.05) is 0 Å². The first-order chi connectivity index (χ1) is 5.61. The summed E-state index contributed by atoms with van der Waals surface area (Å²) in [5.41, 5.74) is 0. The van der Waals surface area contributed by atoms with Gasteiger partial charge in [-0.2, -0.15) is 4.39 Å². The van der Waals surface area contributed by atoms with Crippen molar-refractivity contribution in [2.45, 2.75) is 12.8 Å². The van der Waals surface area contributed by atoms with Gasteiger partial charge in [-0.1, -0.05) is 0 Å². The second-order valence-electron chi connectivity index (χ2n) is 2.48. The van der Waals surface area contributed by atoms with E-state index in [1.54, 1.807) is 0 Å². The Kier molecular flexibility index (Phi) is 2.42. The Morgan fingerprint density at radius 2 is 2.08 bits per heavy atom. The van der Waals surface area contributed by atoms with Crippen LogP contribution in [0.5, 0.6) is 0 Å². The first-order valence-electron chi connectivity index (χ1n) is 3.40. The fourth-order valence-electron chi connectivity index (χ4n) is 0.575. The van der Waals surface area contributed by atoms with Crippen LogP contribution < -0.4 is 0 Å². The van der Waals surface area contributed by atoms with Gasteiger partial charge in [0.2, 0.25) is 5.83 Å². The average molecular weight is 174 g/mol. The van der Waals surface area contributed by atoms with Crippen molar-refractivity contribution < 1.29 is 23.8 Å². The van der Waals surface area contributed by atoms with E-state index >= 15 is 0 Å². The molecule has 5 heteroatoms. The van der Waals surface area contributed by atoms with Gasteiger partial charge in [-0.15, -0.1) is 0 Å². The standard InChI is InChI=1S/C7H7FO4/c8-5(6(9)10)3-12-7(11)4-1-2-4/h3-4H,1-2H2,(H,9,10)/b5-3-. The van der Waals surface area contributed by atoms with Gasteiger partial charge in [0.1, 0.15) is 6.26 Å². The minimum absolute atomic E-state index is 0.164. The Hall–Kier alpha value is -1.39. The van der Waals surface area contributed by atoms with Crippen LogP contribution in [0.1, 0.15) is 12.8 Å². The molecule has 1 saturated carbocycles. The highest BCUT2D eigenvalue weighted by Gasteiger charge is 2.31. The number of carboxylic acid groups (broad SMARTS) is 1. The van der Waals surface area contributed by atoms with Crippen molar-refractivity contribution in [2.24, 2.45) is 5.92 Å². The van der Waals surface area contributed by atoms with Gasteiger partial charge in [-0.05, 0) is 12.8 Å². The molecule has 0 atom stereocenters.